The van der Waals surface area contributed by atoms with Gasteiger partial charge in [0.2, 0.25) is 0 Å². The molecule has 80 heavy (non-hydrogen) atoms. The third-order valence-corrected chi connectivity index (χ3v) is 20.5. The Balaban J connectivity index is 0.000000259. The minimum absolute atomic E-state index is 0. The number of ketones is 1. The average Bonchev–Trinajstić information content (AvgIpc) is 4.05. The van der Waals surface area contributed by atoms with Crippen LogP contribution in [0.15, 0.2) is 0 Å². The second-order valence-corrected chi connectivity index (χ2v) is 28.7. The normalized spacial score (nSPS) is 26.9. The summed E-state index contributed by atoms with van der Waals surface area (Å²) in [7, 11) is 11.5. The van der Waals surface area contributed by atoms with Crippen molar-refractivity contribution >= 4 is 80.3 Å². The second kappa shape index (κ2) is 33.3. The van der Waals surface area contributed by atoms with Crippen molar-refractivity contribution in [3.05, 3.63) is 62.3 Å². The fourth-order valence-corrected chi connectivity index (χ4v) is 15.2. The van der Waals surface area contributed by atoms with Crippen LogP contribution in [0.4, 0.5) is 0 Å². The van der Waals surface area contributed by atoms with Crippen LogP contribution >= 0.6 is 57.6 Å². The van der Waals surface area contributed by atoms with E-state index in [1.54, 1.807) is 29.6 Å². The van der Waals surface area contributed by atoms with Crippen LogP contribution in [0.1, 0.15) is 166 Å². The molecule has 9 rings (SSSR count). The van der Waals surface area contributed by atoms with Crippen LogP contribution in [0, 0.1) is 19.8 Å². The number of aromatic nitrogens is 4. The fraction of sp³-hybridized carbons (Fsp3) is 0.733. The van der Waals surface area contributed by atoms with Gasteiger partial charge < -0.3 is 40.1 Å². The third-order valence-electron chi connectivity index (χ3n) is 16.2. The summed E-state index contributed by atoms with van der Waals surface area (Å²) in [6.45, 7) is 30.3. The van der Waals surface area contributed by atoms with Crippen molar-refractivity contribution in [3.8, 4) is 0 Å². The molecule has 452 valence electrons. The van der Waals surface area contributed by atoms with E-state index in [4.69, 9.17) is 5.73 Å². The number of fused-ring (bicyclic) bond motifs is 4. The van der Waals surface area contributed by atoms with Crippen LogP contribution in [0.3, 0.4) is 0 Å². The number of nitrogens with one attached hydrogen (secondary N) is 1. The van der Waals surface area contributed by atoms with Gasteiger partial charge in [-0.15, -0.1) is 45.3 Å². The number of hydrogen-bond donors (Lipinski definition) is 2. The van der Waals surface area contributed by atoms with Gasteiger partial charge in [-0.05, 0) is 150 Å². The topological polar surface area (TPSA) is 172 Å². The van der Waals surface area contributed by atoms with E-state index in [9.17, 15) is 14.4 Å². The van der Waals surface area contributed by atoms with E-state index in [0.29, 0.717) is 84.0 Å². The molecule has 0 radical (unpaired) electrons. The fourth-order valence-electron chi connectivity index (χ4n) is 10.6. The number of esters is 2. The smallest absolute Gasteiger partial charge is 0.312 e. The molecule has 1 fully saturated rings. The number of rotatable bonds is 4. The molecule has 11 unspecified atom stereocenters. The number of likely N-dealkylation sites (N-methyl/N-ethyl adjacent to an activating group) is 3. The van der Waals surface area contributed by atoms with Crippen LogP contribution in [0.5, 0.6) is 0 Å². The second-order valence-electron chi connectivity index (χ2n) is 23.1. The van der Waals surface area contributed by atoms with E-state index < -0.39 is 0 Å². The number of carbonyl (C=O) groups is 3. The number of likely N-dealkylation sites (tertiary alicyclic amines) is 1. The molecular formula is C60H102N10O5S5. The monoisotopic (exact) mass is 1200 g/mol. The Kier molecular flexibility index (Phi) is 29.6. The lowest BCUT2D eigenvalue weighted by atomic mass is 9.98. The number of carbonyl (C=O) groups excluding carboxylic acids is 3. The van der Waals surface area contributed by atoms with Crippen molar-refractivity contribution in [3.63, 3.8) is 0 Å². The zero-order valence-electron chi connectivity index (χ0n) is 51.6. The van der Waals surface area contributed by atoms with Crippen LogP contribution in [-0.4, -0.2) is 165 Å². The summed E-state index contributed by atoms with van der Waals surface area (Å²) in [5, 5.41) is 7.73. The molecule has 5 aliphatic heterocycles. The van der Waals surface area contributed by atoms with E-state index in [1.165, 1.54) is 73.7 Å². The first-order valence-electron chi connectivity index (χ1n) is 28.4. The summed E-state index contributed by atoms with van der Waals surface area (Å²) < 4.78 is 9.36. The number of nitrogens with two attached hydrogens (primary N) is 1. The van der Waals surface area contributed by atoms with Gasteiger partial charge in [0.05, 0.1) is 64.8 Å². The first kappa shape index (κ1) is 71.1. The molecule has 4 aromatic heterocycles. The molecule has 0 spiro atoms. The quantitative estimate of drug-likeness (QED) is 0.146. The van der Waals surface area contributed by atoms with Gasteiger partial charge in [-0.25, -0.2) is 19.9 Å². The molecule has 11 atom stereocenters. The van der Waals surface area contributed by atoms with Crippen LogP contribution < -0.4 is 11.1 Å². The van der Waals surface area contributed by atoms with Gasteiger partial charge in [0, 0.05) is 118 Å². The Morgan fingerprint density at radius 1 is 0.525 bits per heavy atom. The van der Waals surface area contributed by atoms with Crippen molar-refractivity contribution in [1.82, 2.24) is 44.9 Å². The predicted molar refractivity (Wildman–Crippen MR) is 340 cm³/mol. The van der Waals surface area contributed by atoms with E-state index in [0.717, 1.165) is 67.1 Å². The number of hydrogen-bond acceptors (Lipinski definition) is 19. The summed E-state index contributed by atoms with van der Waals surface area (Å²) in [5.41, 5.74) is 9.85. The molecule has 0 bridgehead atoms. The molecule has 9 heterocycles. The number of aryl methyl sites for hydroxylation is 2. The Hall–Kier alpha value is -3.18. The Labute approximate surface area is 504 Å². The van der Waals surface area contributed by atoms with E-state index in [1.807, 2.05) is 29.6 Å². The first-order valence-corrected chi connectivity index (χ1v) is 32.1. The number of ether oxygens (including phenoxy) is 2. The Bertz CT molecular complexity index is 2390. The maximum atomic E-state index is 11.5. The largest absolute Gasteiger partial charge is 0.469 e. The standard InChI is InChI=1S/C13H20N2O2S.C12H18N2O2S.2C11H18N2S.C10H19NO.C2H5NS.CH4/c1-8-5-10-11(6-9(2)15(8)3)18-12(14-10)7-13(16)17-4;1-7-4-9-10(5-8(2)13-7)17-11(14-9)6-12(15)16-3;2*1-7-5-10-11(14-9(3)12-10)6-8(2)13(7)4;1-7-5-8(2)11(4)9(3)6-10(7)12;1-2(3)4;/h8-9H,5-7H2,1-4H3;7-8,13H,4-6H2,1-3H3;2*7-8H,5-6H2,1-4H3;7-9H,5-6H2,1-4H3;1H3,(H2,3,4);1H4. The van der Waals surface area contributed by atoms with Gasteiger partial charge in [-0.3, -0.25) is 14.4 Å². The van der Waals surface area contributed by atoms with Crippen molar-refractivity contribution in [2.75, 3.05) is 42.4 Å². The lowest BCUT2D eigenvalue weighted by Crippen LogP contribution is -2.37. The van der Waals surface area contributed by atoms with Crippen molar-refractivity contribution in [2.45, 2.75) is 242 Å². The molecule has 0 amide bonds. The van der Waals surface area contributed by atoms with Gasteiger partial charge >= 0.3 is 11.9 Å². The molecular weight excluding hydrogens is 1100 g/mol. The number of thiocarbonyl (C=S) groups is 1. The lowest BCUT2D eigenvalue weighted by Gasteiger charge is -2.27. The highest BCUT2D eigenvalue weighted by Crippen LogP contribution is 2.31. The number of Topliss-reactive ketones (excluding diaryl/α,β-unsaturated/α-hetero) is 1. The Morgan fingerprint density at radius 2 is 0.825 bits per heavy atom. The highest BCUT2D eigenvalue weighted by Gasteiger charge is 2.30. The summed E-state index contributed by atoms with van der Waals surface area (Å²) in [6.07, 6.45) is 10.8. The lowest BCUT2D eigenvalue weighted by molar-refractivity contribution is -0.140. The molecule has 3 N–H and O–H groups in total. The van der Waals surface area contributed by atoms with Crippen LogP contribution in [-0.2, 0) is 88.1 Å². The molecule has 0 aromatic carbocycles. The zero-order valence-corrected chi connectivity index (χ0v) is 55.7. The number of thiazole rings is 4. The highest BCUT2D eigenvalue weighted by atomic mass is 32.1. The van der Waals surface area contributed by atoms with Crippen LogP contribution in [0.2, 0.25) is 0 Å². The number of methoxy groups -OCH3 is 2. The summed E-state index contributed by atoms with van der Waals surface area (Å²) in [5.74, 6) is 0.261. The predicted octanol–water partition coefficient (Wildman–Crippen LogP) is 10.1. The third kappa shape index (κ3) is 21.8. The van der Waals surface area contributed by atoms with Gasteiger partial charge in [0.1, 0.15) is 15.8 Å². The molecule has 4 aromatic rings. The van der Waals surface area contributed by atoms with Gasteiger partial charge in [0.15, 0.2) is 0 Å². The van der Waals surface area contributed by atoms with Crippen molar-refractivity contribution in [2.24, 2.45) is 11.7 Å². The number of nitrogens with zero attached hydrogens (tertiary/aromatic N) is 8. The SMILES string of the molecule is C.CC(N)=S.CC1CC(C)N(C)C(C)CC1=O.COC(=O)Cc1nc2c(s1)CC(C)N(C)C(C)C2.COC(=O)Cc1nc2c(s1)CC(C)NC(C)C2.Cc1nc2c(s1)CC(C)N(C)C(C)C2.Cc1nc2c(s1)CC(C)N(C)C(C)C2. The van der Waals surface area contributed by atoms with Gasteiger partial charge in [0.25, 0.3) is 0 Å². The minimum atomic E-state index is -0.215. The maximum Gasteiger partial charge on any atom is 0.312 e. The van der Waals surface area contributed by atoms with E-state index in [2.05, 4.69) is 178 Å². The van der Waals surface area contributed by atoms with Crippen molar-refractivity contribution in [1.29, 1.82) is 0 Å². The molecule has 0 saturated carbocycles. The highest BCUT2D eigenvalue weighted by molar-refractivity contribution is 7.80. The van der Waals surface area contributed by atoms with E-state index in [-0.39, 0.29) is 25.3 Å². The molecule has 1 saturated heterocycles. The average molecular weight is 1200 g/mol. The molecule has 15 nitrogen and oxygen atoms in total. The molecule has 0 aliphatic carbocycles. The van der Waals surface area contributed by atoms with Crippen LogP contribution in [0.25, 0.3) is 0 Å². The molecule has 20 heteroatoms. The summed E-state index contributed by atoms with van der Waals surface area (Å²) in [4.78, 5) is 68.2. The summed E-state index contributed by atoms with van der Waals surface area (Å²) >= 11 is 11.4. The minimum Gasteiger partial charge on any atom is -0.469 e. The zero-order chi connectivity index (χ0) is 59.2. The van der Waals surface area contributed by atoms with E-state index >= 15 is 0 Å². The molecule has 5 aliphatic rings. The Morgan fingerprint density at radius 3 is 1.21 bits per heavy atom. The maximum absolute atomic E-state index is 11.5. The van der Waals surface area contributed by atoms with Crippen molar-refractivity contribution < 1.29 is 23.9 Å². The first-order chi connectivity index (χ1) is 37.0. The van der Waals surface area contributed by atoms with Gasteiger partial charge in [-0.1, -0.05) is 26.6 Å². The van der Waals surface area contributed by atoms with Gasteiger partial charge in [-0.2, -0.15) is 0 Å². The summed E-state index contributed by atoms with van der Waals surface area (Å²) in [6, 6.07) is 5.41.